The van der Waals surface area contributed by atoms with Crippen molar-refractivity contribution in [1.82, 2.24) is 10.2 Å². The van der Waals surface area contributed by atoms with Crippen molar-refractivity contribution in [3.63, 3.8) is 0 Å². The molecule has 0 spiro atoms. The highest BCUT2D eigenvalue weighted by atomic mass is 32.2. The first-order valence-electron chi connectivity index (χ1n) is 4.65. The number of aliphatic hydroxyl groups excluding tert-OH is 1. The fraction of sp³-hybridized carbons (Fsp3) is 0.750. The first kappa shape index (κ1) is 12.7. The monoisotopic (exact) mass is 248 g/mol. The average molecular weight is 248 g/mol. The zero-order valence-corrected chi connectivity index (χ0v) is 10.5. The number of nitrogens with zero attached hydrogens (tertiary/aromatic N) is 3. The van der Waals surface area contributed by atoms with Crippen LogP contribution in [0, 0.1) is 0 Å². The fourth-order valence-electron chi connectivity index (χ4n) is 0.842. The van der Waals surface area contributed by atoms with Crippen molar-refractivity contribution in [2.45, 2.75) is 16.9 Å². The van der Waals surface area contributed by atoms with Crippen molar-refractivity contribution >= 4 is 28.2 Å². The molecule has 5 nitrogen and oxygen atoms in total. The molecule has 0 fully saturated rings. The maximum Gasteiger partial charge on any atom is 0.208 e. The molecular formula is C8H16N4OS2. The van der Waals surface area contributed by atoms with Gasteiger partial charge in [0.25, 0.3) is 0 Å². The Balaban J connectivity index is 2.31. The Hall–Kier alpha value is -0.370. The Kier molecular flexibility index (Phi) is 5.30. The molecule has 86 valence electrons. The van der Waals surface area contributed by atoms with E-state index in [0.717, 1.165) is 15.2 Å². The first-order valence-corrected chi connectivity index (χ1v) is 6.45. The molecule has 0 bridgehead atoms. The summed E-state index contributed by atoms with van der Waals surface area (Å²) in [6, 6.07) is 0. The quantitative estimate of drug-likeness (QED) is 0.710. The number of nitrogens with two attached hydrogens (primary N) is 1. The third kappa shape index (κ3) is 4.33. The van der Waals surface area contributed by atoms with Crippen LogP contribution in [0.3, 0.4) is 0 Å². The molecule has 1 heterocycles. The summed E-state index contributed by atoms with van der Waals surface area (Å²) in [5.41, 5.74) is 5.30. The maximum atomic E-state index is 9.25. The lowest BCUT2D eigenvalue weighted by Crippen LogP contribution is -2.19. The maximum absolute atomic E-state index is 9.25. The van der Waals surface area contributed by atoms with Crippen molar-refractivity contribution in [2.75, 3.05) is 31.3 Å². The molecule has 7 heteroatoms. The topological polar surface area (TPSA) is 75.3 Å². The van der Waals surface area contributed by atoms with Gasteiger partial charge in [0.05, 0.1) is 6.10 Å². The van der Waals surface area contributed by atoms with Gasteiger partial charge < -0.3 is 15.7 Å². The lowest BCUT2D eigenvalue weighted by molar-refractivity contribution is 0.180. The molecular weight excluding hydrogens is 232 g/mol. The van der Waals surface area contributed by atoms with E-state index in [1.807, 2.05) is 19.0 Å². The normalized spacial score (nSPS) is 12.8. The SMILES string of the molecule is CN(C)c1nnc(SCCC(O)CN)s1. The molecule has 0 saturated carbocycles. The second-order valence-electron chi connectivity index (χ2n) is 3.27. The summed E-state index contributed by atoms with van der Waals surface area (Å²) in [7, 11) is 3.88. The first-order chi connectivity index (χ1) is 7.13. The van der Waals surface area contributed by atoms with Gasteiger partial charge in [-0.05, 0) is 6.42 Å². The van der Waals surface area contributed by atoms with Gasteiger partial charge >= 0.3 is 0 Å². The van der Waals surface area contributed by atoms with Gasteiger partial charge in [-0.2, -0.15) is 0 Å². The number of hydrogen-bond acceptors (Lipinski definition) is 7. The molecule has 0 saturated heterocycles. The van der Waals surface area contributed by atoms with E-state index in [1.165, 1.54) is 0 Å². The molecule has 1 rings (SSSR count). The van der Waals surface area contributed by atoms with E-state index in [0.29, 0.717) is 13.0 Å². The Morgan fingerprint density at radius 2 is 2.27 bits per heavy atom. The van der Waals surface area contributed by atoms with E-state index >= 15 is 0 Å². The van der Waals surface area contributed by atoms with Crippen molar-refractivity contribution in [3.05, 3.63) is 0 Å². The number of thioether (sulfide) groups is 1. The van der Waals surface area contributed by atoms with Crippen LogP contribution in [0.2, 0.25) is 0 Å². The van der Waals surface area contributed by atoms with Crippen molar-refractivity contribution in [1.29, 1.82) is 0 Å². The van der Waals surface area contributed by atoms with E-state index < -0.39 is 6.10 Å². The minimum absolute atomic E-state index is 0.319. The van der Waals surface area contributed by atoms with E-state index in [4.69, 9.17) is 5.73 Å². The molecule has 0 radical (unpaired) electrons. The lowest BCUT2D eigenvalue weighted by Gasteiger charge is -2.05. The van der Waals surface area contributed by atoms with Crippen LogP contribution >= 0.6 is 23.1 Å². The minimum Gasteiger partial charge on any atom is -0.392 e. The van der Waals surface area contributed by atoms with Crippen LogP contribution in [-0.2, 0) is 0 Å². The van der Waals surface area contributed by atoms with E-state index in [2.05, 4.69) is 10.2 Å². The molecule has 0 aliphatic heterocycles. The summed E-state index contributed by atoms with van der Waals surface area (Å²) in [5.74, 6) is 0.820. The summed E-state index contributed by atoms with van der Waals surface area (Å²) in [6.07, 6.45) is 0.289. The van der Waals surface area contributed by atoms with Crippen LogP contribution in [0.15, 0.2) is 4.34 Å². The smallest absolute Gasteiger partial charge is 0.208 e. The Morgan fingerprint density at radius 1 is 1.53 bits per heavy atom. The molecule has 15 heavy (non-hydrogen) atoms. The predicted molar refractivity (Wildman–Crippen MR) is 64.6 cm³/mol. The van der Waals surface area contributed by atoms with Gasteiger partial charge in [0.2, 0.25) is 5.13 Å². The van der Waals surface area contributed by atoms with Crippen LogP contribution < -0.4 is 10.6 Å². The second kappa shape index (κ2) is 6.26. The van der Waals surface area contributed by atoms with E-state index in [-0.39, 0.29) is 0 Å². The molecule has 3 N–H and O–H groups in total. The molecule has 0 aliphatic carbocycles. The summed E-state index contributed by atoms with van der Waals surface area (Å²) in [6.45, 7) is 0.319. The summed E-state index contributed by atoms with van der Waals surface area (Å²) in [4.78, 5) is 1.93. The number of anilines is 1. The molecule has 1 aromatic heterocycles. The lowest BCUT2D eigenvalue weighted by atomic mass is 10.3. The molecule has 0 aromatic carbocycles. The average Bonchev–Trinajstić information content (AvgIpc) is 2.66. The third-order valence-electron chi connectivity index (χ3n) is 1.73. The number of hydrogen-bond donors (Lipinski definition) is 2. The summed E-state index contributed by atoms with van der Waals surface area (Å²) in [5, 5.41) is 18.2. The number of rotatable bonds is 6. The summed E-state index contributed by atoms with van der Waals surface area (Å²) >= 11 is 3.16. The summed E-state index contributed by atoms with van der Waals surface area (Å²) < 4.78 is 0.933. The van der Waals surface area contributed by atoms with Crippen LogP contribution in [0.4, 0.5) is 5.13 Å². The van der Waals surface area contributed by atoms with E-state index in [1.54, 1.807) is 23.1 Å². The Bertz CT molecular complexity index is 292. The highest BCUT2D eigenvalue weighted by Crippen LogP contribution is 2.27. The van der Waals surface area contributed by atoms with Crippen LogP contribution in [0.5, 0.6) is 0 Å². The van der Waals surface area contributed by atoms with Gasteiger partial charge in [-0.25, -0.2) is 0 Å². The standard InChI is InChI=1S/C8H16N4OS2/c1-12(2)7-10-11-8(15-7)14-4-3-6(13)5-9/h6,13H,3-5,9H2,1-2H3. The van der Waals surface area contributed by atoms with E-state index in [9.17, 15) is 5.11 Å². The van der Waals surface area contributed by atoms with Gasteiger partial charge in [-0.1, -0.05) is 23.1 Å². The number of aliphatic hydroxyl groups is 1. The molecule has 1 aromatic rings. The zero-order valence-electron chi connectivity index (χ0n) is 8.88. The predicted octanol–water partition coefficient (Wildman–Crippen LogP) is 0.406. The van der Waals surface area contributed by atoms with Gasteiger partial charge in [0, 0.05) is 26.4 Å². The van der Waals surface area contributed by atoms with Crippen molar-refractivity contribution in [2.24, 2.45) is 5.73 Å². The molecule has 1 atom stereocenters. The Morgan fingerprint density at radius 3 is 2.80 bits per heavy atom. The Labute approximate surface area is 97.7 Å². The van der Waals surface area contributed by atoms with Crippen molar-refractivity contribution in [3.8, 4) is 0 Å². The third-order valence-corrected chi connectivity index (χ3v) is 3.98. The van der Waals surface area contributed by atoms with Crippen molar-refractivity contribution < 1.29 is 5.11 Å². The molecule has 1 unspecified atom stereocenters. The highest BCUT2D eigenvalue weighted by Gasteiger charge is 2.07. The van der Waals surface area contributed by atoms with Crippen LogP contribution in [0.1, 0.15) is 6.42 Å². The van der Waals surface area contributed by atoms with Gasteiger partial charge in [0.15, 0.2) is 4.34 Å². The minimum atomic E-state index is -0.404. The fourth-order valence-corrected chi connectivity index (χ4v) is 2.72. The van der Waals surface area contributed by atoms with Gasteiger partial charge in [0.1, 0.15) is 0 Å². The molecule has 0 aliphatic rings. The van der Waals surface area contributed by atoms with Gasteiger partial charge in [-0.3, -0.25) is 0 Å². The second-order valence-corrected chi connectivity index (χ2v) is 5.57. The largest absolute Gasteiger partial charge is 0.392 e. The highest BCUT2D eigenvalue weighted by molar-refractivity contribution is 8.01. The van der Waals surface area contributed by atoms with Crippen LogP contribution in [0.25, 0.3) is 0 Å². The molecule has 0 amide bonds. The van der Waals surface area contributed by atoms with Crippen LogP contribution in [-0.4, -0.2) is 47.8 Å². The zero-order chi connectivity index (χ0) is 11.3. The van der Waals surface area contributed by atoms with Gasteiger partial charge in [-0.15, -0.1) is 10.2 Å². The number of aromatic nitrogens is 2.